The van der Waals surface area contributed by atoms with Crippen molar-refractivity contribution < 1.29 is 4.74 Å². The highest BCUT2D eigenvalue weighted by Gasteiger charge is 1.98. The highest BCUT2D eigenvalue weighted by atomic mass is 16.5. The van der Waals surface area contributed by atoms with Gasteiger partial charge in [0.1, 0.15) is 0 Å². The Kier molecular flexibility index (Phi) is 1.76. The lowest BCUT2D eigenvalue weighted by molar-refractivity contribution is 0.408. The largest absolute Gasteiger partial charge is 0.491 e. The molecule has 1 N–H and O–H groups in total. The molecular weight excluding hydrogens is 130 g/mol. The van der Waals surface area contributed by atoms with E-state index in [0.717, 1.165) is 0 Å². The highest BCUT2D eigenvalue weighted by molar-refractivity contribution is 5.22. The quantitative estimate of drug-likeness (QED) is 0.622. The zero-order chi connectivity index (χ0) is 7.56. The predicted octanol–water partition coefficient (Wildman–Crippen LogP) is 0.692. The number of aromatic nitrogens is 1. The first kappa shape index (κ1) is 6.86. The number of rotatable bonds is 1. The SMILES string of the molecule is COc1c[nH]cc(C)c1=O. The van der Waals surface area contributed by atoms with Crippen LogP contribution in [0.15, 0.2) is 17.2 Å². The zero-order valence-corrected chi connectivity index (χ0v) is 5.97. The molecule has 0 aromatic carbocycles. The van der Waals surface area contributed by atoms with Crippen molar-refractivity contribution in [3.05, 3.63) is 28.2 Å². The molecule has 0 bridgehead atoms. The smallest absolute Gasteiger partial charge is 0.226 e. The molecule has 0 spiro atoms. The zero-order valence-electron chi connectivity index (χ0n) is 5.97. The molecule has 1 aromatic heterocycles. The van der Waals surface area contributed by atoms with Gasteiger partial charge in [0.05, 0.1) is 7.11 Å². The van der Waals surface area contributed by atoms with Crippen LogP contribution >= 0.6 is 0 Å². The van der Waals surface area contributed by atoms with E-state index in [1.165, 1.54) is 13.3 Å². The van der Waals surface area contributed by atoms with Crippen molar-refractivity contribution in [2.75, 3.05) is 7.11 Å². The fraction of sp³-hybridized carbons (Fsp3) is 0.286. The number of hydrogen-bond donors (Lipinski definition) is 1. The van der Waals surface area contributed by atoms with Crippen LogP contribution in [-0.4, -0.2) is 12.1 Å². The Bertz CT molecular complexity index is 277. The van der Waals surface area contributed by atoms with E-state index < -0.39 is 0 Å². The second-order valence-electron chi connectivity index (χ2n) is 2.04. The summed E-state index contributed by atoms with van der Waals surface area (Å²) in [5, 5.41) is 0. The van der Waals surface area contributed by atoms with E-state index in [4.69, 9.17) is 4.74 Å². The van der Waals surface area contributed by atoms with Crippen LogP contribution < -0.4 is 10.2 Å². The Labute approximate surface area is 58.7 Å². The first-order chi connectivity index (χ1) is 4.75. The normalized spacial score (nSPS) is 9.40. The standard InChI is InChI=1S/C7H9NO2/c1-5-3-8-4-6(10-2)7(5)9/h3-4H,1-2H3,(H,8,9). The first-order valence-corrected chi connectivity index (χ1v) is 2.97. The summed E-state index contributed by atoms with van der Waals surface area (Å²) in [5.41, 5.74) is 0.612. The van der Waals surface area contributed by atoms with Gasteiger partial charge in [-0.3, -0.25) is 4.79 Å². The lowest BCUT2D eigenvalue weighted by Gasteiger charge is -1.97. The van der Waals surface area contributed by atoms with Crippen molar-refractivity contribution in [1.82, 2.24) is 4.98 Å². The summed E-state index contributed by atoms with van der Waals surface area (Å²) >= 11 is 0. The molecule has 3 heteroatoms. The predicted molar refractivity (Wildman–Crippen MR) is 38.4 cm³/mol. The third-order valence-electron chi connectivity index (χ3n) is 1.32. The fourth-order valence-electron chi connectivity index (χ4n) is 0.719. The first-order valence-electron chi connectivity index (χ1n) is 2.97. The molecule has 0 amide bonds. The molecule has 0 radical (unpaired) electrons. The van der Waals surface area contributed by atoms with Crippen LogP contribution in [0.25, 0.3) is 0 Å². The Morgan fingerprint density at radius 1 is 1.50 bits per heavy atom. The molecule has 1 aromatic rings. The third kappa shape index (κ3) is 1.03. The van der Waals surface area contributed by atoms with Crippen molar-refractivity contribution in [2.24, 2.45) is 0 Å². The maximum absolute atomic E-state index is 11.1. The second kappa shape index (κ2) is 2.56. The fourth-order valence-corrected chi connectivity index (χ4v) is 0.719. The number of hydrogen-bond acceptors (Lipinski definition) is 2. The summed E-state index contributed by atoms with van der Waals surface area (Å²) in [5.74, 6) is 0.361. The van der Waals surface area contributed by atoms with Crippen molar-refractivity contribution >= 4 is 0 Å². The molecule has 0 aliphatic carbocycles. The second-order valence-corrected chi connectivity index (χ2v) is 2.04. The van der Waals surface area contributed by atoms with Gasteiger partial charge in [-0.15, -0.1) is 0 Å². The molecule has 54 valence electrons. The number of aromatic amines is 1. The van der Waals surface area contributed by atoms with Gasteiger partial charge in [0.15, 0.2) is 5.75 Å². The van der Waals surface area contributed by atoms with Gasteiger partial charge in [0.2, 0.25) is 5.43 Å². The molecular formula is C7H9NO2. The van der Waals surface area contributed by atoms with Crippen LogP contribution in [0.3, 0.4) is 0 Å². The van der Waals surface area contributed by atoms with Gasteiger partial charge in [-0.1, -0.05) is 0 Å². The summed E-state index contributed by atoms with van der Waals surface area (Å²) < 4.78 is 4.78. The molecule has 0 aliphatic heterocycles. The van der Waals surface area contributed by atoms with Crippen molar-refractivity contribution in [2.45, 2.75) is 6.92 Å². The monoisotopic (exact) mass is 139 g/mol. The van der Waals surface area contributed by atoms with Crippen LogP contribution in [0.2, 0.25) is 0 Å². The summed E-state index contributed by atoms with van der Waals surface area (Å²) in [7, 11) is 1.48. The molecule has 0 saturated heterocycles. The van der Waals surface area contributed by atoms with Crippen molar-refractivity contribution in [3.63, 3.8) is 0 Å². The minimum absolute atomic E-state index is 0.0544. The molecule has 3 nitrogen and oxygen atoms in total. The minimum atomic E-state index is -0.0544. The Balaban J connectivity index is 3.28. The number of H-pyrrole nitrogens is 1. The Morgan fingerprint density at radius 3 is 2.70 bits per heavy atom. The summed E-state index contributed by atoms with van der Waals surface area (Å²) in [6.45, 7) is 1.74. The average molecular weight is 139 g/mol. The van der Waals surface area contributed by atoms with Crippen LogP contribution in [-0.2, 0) is 0 Å². The van der Waals surface area contributed by atoms with Crippen LogP contribution in [0.1, 0.15) is 5.56 Å². The van der Waals surface area contributed by atoms with Crippen LogP contribution in [0, 0.1) is 6.92 Å². The lowest BCUT2D eigenvalue weighted by Crippen LogP contribution is -2.08. The molecule has 0 atom stereocenters. The van der Waals surface area contributed by atoms with Gasteiger partial charge in [-0.05, 0) is 6.92 Å². The molecule has 0 fully saturated rings. The third-order valence-corrected chi connectivity index (χ3v) is 1.32. The number of ether oxygens (including phenoxy) is 1. The number of methoxy groups -OCH3 is 1. The molecule has 1 heterocycles. The van der Waals surface area contributed by atoms with Crippen LogP contribution in [0.5, 0.6) is 5.75 Å². The number of pyridine rings is 1. The van der Waals surface area contributed by atoms with E-state index in [9.17, 15) is 4.79 Å². The lowest BCUT2D eigenvalue weighted by atomic mass is 10.3. The van der Waals surface area contributed by atoms with Gasteiger partial charge in [0.25, 0.3) is 0 Å². The van der Waals surface area contributed by atoms with E-state index in [2.05, 4.69) is 4.98 Å². The van der Waals surface area contributed by atoms with Gasteiger partial charge < -0.3 is 9.72 Å². The van der Waals surface area contributed by atoms with E-state index in [-0.39, 0.29) is 5.43 Å². The number of aryl methyl sites for hydroxylation is 1. The number of nitrogens with one attached hydrogen (secondary N) is 1. The molecule has 0 aliphatic rings. The van der Waals surface area contributed by atoms with E-state index >= 15 is 0 Å². The maximum Gasteiger partial charge on any atom is 0.226 e. The molecule has 1 rings (SSSR count). The molecule has 0 unspecified atom stereocenters. The maximum atomic E-state index is 11.1. The molecule has 0 saturated carbocycles. The summed E-state index contributed by atoms with van der Waals surface area (Å²) in [6, 6.07) is 0. The Morgan fingerprint density at radius 2 is 2.20 bits per heavy atom. The Hall–Kier alpha value is -1.25. The van der Waals surface area contributed by atoms with Gasteiger partial charge in [-0.2, -0.15) is 0 Å². The van der Waals surface area contributed by atoms with E-state index in [1.54, 1.807) is 13.1 Å². The van der Waals surface area contributed by atoms with Gasteiger partial charge >= 0.3 is 0 Å². The van der Waals surface area contributed by atoms with Gasteiger partial charge in [-0.25, -0.2) is 0 Å². The average Bonchev–Trinajstić information content (AvgIpc) is 1.95. The summed E-state index contributed by atoms with van der Waals surface area (Å²) in [4.78, 5) is 13.9. The van der Waals surface area contributed by atoms with Crippen molar-refractivity contribution in [3.8, 4) is 5.75 Å². The molecule has 10 heavy (non-hydrogen) atoms. The summed E-state index contributed by atoms with van der Waals surface area (Å²) in [6.07, 6.45) is 3.18. The van der Waals surface area contributed by atoms with Crippen molar-refractivity contribution in [1.29, 1.82) is 0 Å². The van der Waals surface area contributed by atoms with E-state index in [1.807, 2.05) is 0 Å². The highest BCUT2D eigenvalue weighted by Crippen LogP contribution is 1.98. The topological polar surface area (TPSA) is 42.1 Å². The minimum Gasteiger partial charge on any atom is -0.491 e. The van der Waals surface area contributed by atoms with Crippen LogP contribution in [0.4, 0.5) is 0 Å². The van der Waals surface area contributed by atoms with E-state index in [0.29, 0.717) is 11.3 Å². The van der Waals surface area contributed by atoms with Gasteiger partial charge in [0, 0.05) is 18.0 Å².